The number of aliphatic hydroxyl groups is 1. The summed E-state index contributed by atoms with van der Waals surface area (Å²) >= 11 is 0.998. The number of aromatic nitrogens is 1. The summed E-state index contributed by atoms with van der Waals surface area (Å²) in [6.07, 6.45) is -4.98. The summed E-state index contributed by atoms with van der Waals surface area (Å²) in [5.41, 5.74) is -0.312. The van der Waals surface area contributed by atoms with Crippen molar-refractivity contribution in [2.24, 2.45) is 11.0 Å². The third-order valence-corrected chi connectivity index (χ3v) is 6.17. The normalized spacial score (nSPS) is 22.9. The van der Waals surface area contributed by atoms with E-state index in [0.29, 0.717) is 22.0 Å². The lowest BCUT2D eigenvalue weighted by atomic mass is 9.86. The van der Waals surface area contributed by atoms with Crippen LogP contribution in [0.3, 0.4) is 0 Å². The van der Waals surface area contributed by atoms with Crippen LogP contribution in [-0.2, 0) is 0 Å². The minimum absolute atomic E-state index is 0.0372. The fourth-order valence-corrected chi connectivity index (χ4v) is 4.57. The van der Waals surface area contributed by atoms with Crippen molar-refractivity contribution in [1.82, 2.24) is 4.98 Å². The van der Waals surface area contributed by atoms with Crippen molar-refractivity contribution >= 4 is 22.2 Å². The van der Waals surface area contributed by atoms with Crippen LogP contribution in [0.1, 0.15) is 11.1 Å². The van der Waals surface area contributed by atoms with E-state index in [4.69, 9.17) is 4.74 Å². The number of benzene rings is 2. The van der Waals surface area contributed by atoms with Gasteiger partial charge in [-0.1, -0.05) is 42.0 Å². The Labute approximate surface area is 174 Å². The van der Waals surface area contributed by atoms with Crippen LogP contribution < -0.4 is 9.75 Å². The SMILES string of the molecule is Cc1ccc(-c2csc(N3N=C4c5ccccc5OC[C@H]4[C@@]3(O)C(F)(F)F)n2)cc1. The van der Waals surface area contributed by atoms with E-state index in [0.717, 1.165) is 22.5 Å². The Hall–Kier alpha value is -2.91. The smallest absolute Gasteiger partial charge is 0.439 e. The molecule has 0 radical (unpaired) electrons. The molecule has 2 aliphatic rings. The number of fused-ring (bicyclic) bond motifs is 3. The maximum atomic E-state index is 14.2. The molecule has 0 fully saturated rings. The van der Waals surface area contributed by atoms with Gasteiger partial charge in [0.1, 0.15) is 12.4 Å². The Morgan fingerprint density at radius 1 is 1.17 bits per heavy atom. The molecule has 3 heterocycles. The third-order valence-electron chi connectivity index (χ3n) is 5.35. The van der Waals surface area contributed by atoms with Gasteiger partial charge in [0.2, 0.25) is 5.13 Å². The molecule has 0 aliphatic carbocycles. The van der Waals surface area contributed by atoms with Gasteiger partial charge in [0, 0.05) is 16.5 Å². The van der Waals surface area contributed by atoms with Gasteiger partial charge in [-0.2, -0.15) is 23.3 Å². The number of halogens is 3. The summed E-state index contributed by atoms with van der Waals surface area (Å²) in [6.45, 7) is 1.61. The number of rotatable bonds is 2. The molecule has 1 aromatic heterocycles. The number of nitrogens with zero attached hydrogens (tertiary/aromatic N) is 3. The van der Waals surface area contributed by atoms with Crippen LogP contribution in [0, 0.1) is 12.8 Å². The molecule has 154 valence electrons. The van der Waals surface area contributed by atoms with Crippen molar-refractivity contribution in [2.75, 3.05) is 11.6 Å². The van der Waals surface area contributed by atoms with Crippen molar-refractivity contribution in [1.29, 1.82) is 0 Å². The molecule has 5 nitrogen and oxygen atoms in total. The highest BCUT2D eigenvalue weighted by Gasteiger charge is 2.69. The van der Waals surface area contributed by atoms with Crippen molar-refractivity contribution in [3.05, 3.63) is 65.0 Å². The minimum Gasteiger partial charge on any atom is -0.492 e. The van der Waals surface area contributed by atoms with Gasteiger partial charge in [0.15, 0.2) is 0 Å². The summed E-state index contributed by atoms with van der Waals surface area (Å²) in [4.78, 5) is 4.35. The number of alkyl halides is 3. The highest BCUT2D eigenvalue weighted by atomic mass is 32.1. The van der Waals surface area contributed by atoms with E-state index < -0.39 is 17.8 Å². The van der Waals surface area contributed by atoms with Gasteiger partial charge in [0.05, 0.1) is 17.3 Å². The van der Waals surface area contributed by atoms with Crippen LogP contribution in [0.2, 0.25) is 0 Å². The second kappa shape index (κ2) is 6.55. The molecule has 2 aliphatic heterocycles. The Balaban J connectivity index is 1.61. The van der Waals surface area contributed by atoms with Crippen molar-refractivity contribution in [3.8, 4) is 17.0 Å². The average Bonchev–Trinajstić information content (AvgIpc) is 3.32. The molecule has 0 unspecified atom stereocenters. The second-order valence-corrected chi connectivity index (χ2v) is 8.10. The predicted octanol–water partition coefficient (Wildman–Crippen LogP) is 4.60. The topological polar surface area (TPSA) is 58.0 Å². The van der Waals surface area contributed by atoms with Crippen molar-refractivity contribution < 1.29 is 23.0 Å². The van der Waals surface area contributed by atoms with E-state index in [1.807, 2.05) is 31.2 Å². The molecule has 9 heteroatoms. The third kappa shape index (κ3) is 2.73. The van der Waals surface area contributed by atoms with Crippen LogP contribution in [0.4, 0.5) is 18.3 Å². The van der Waals surface area contributed by atoms with E-state index in [2.05, 4.69) is 10.1 Å². The van der Waals surface area contributed by atoms with Crippen molar-refractivity contribution in [2.45, 2.75) is 18.8 Å². The van der Waals surface area contributed by atoms with Crippen molar-refractivity contribution in [3.63, 3.8) is 0 Å². The Bertz CT molecular complexity index is 1140. The van der Waals surface area contributed by atoms with Gasteiger partial charge in [-0.3, -0.25) is 0 Å². The van der Waals surface area contributed by atoms with E-state index in [1.54, 1.807) is 29.6 Å². The molecule has 5 rings (SSSR count). The van der Waals surface area contributed by atoms with Gasteiger partial charge < -0.3 is 9.84 Å². The molecule has 0 saturated carbocycles. The average molecular weight is 431 g/mol. The molecule has 30 heavy (non-hydrogen) atoms. The molecule has 0 spiro atoms. The summed E-state index contributed by atoms with van der Waals surface area (Å²) in [6, 6.07) is 14.2. The monoisotopic (exact) mass is 431 g/mol. The molecule has 2 atom stereocenters. The summed E-state index contributed by atoms with van der Waals surface area (Å²) in [5.74, 6) is -0.947. The highest BCUT2D eigenvalue weighted by Crippen LogP contribution is 2.50. The molecule has 0 saturated heterocycles. The minimum atomic E-state index is -4.98. The largest absolute Gasteiger partial charge is 0.492 e. The fourth-order valence-electron chi connectivity index (χ4n) is 3.73. The molecular formula is C21H16F3N3O2S. The van der Waals surface area contributed by atoms with Gasteiger partial charge in [-0.15, -0.1) is 11.3 Å². The van der Waals surface area contributed by atoms with Gasteiger partial charge >= 0.3 is 6.18 Å². The quantitative estimate of drug-likeness (QED) is 0.644. The zero-order valence-electron chi connectivity index (χ0n) is 15.7. The first-order valence-corrected chi connectivity index (χ1v) is 10.1. The maximum absolute atomic E-state index is 14.2. The number of hydrogen-bond donors (Lipinski definition) is 1. The summed E-state index contributed by atoms with van der Waals surface area (Å²) in [5, 5.41) is 17.4. The first-order chi connectivity index (χ1) is 14.3. The first-order valence-electron chi connectivity index (χ1n) is 9.21. The number of anilines is 1. The summed E-state index contributed by atoms with van der Waals surface area (Å²) in [7, 11) is 0. The first kappa shape index (κ1) is 19.1. The Morgan fingerprint density at radius 3 is 2.63 bits per heavy atom. The van der Waals surface area contributed by atoms with E-state index >= 15 is 0 Å². The predicted molar refractivity (Wildman–Crippen MR) is 108 cm³/mol. The van der Waals surface area contributed by atoms with Crippen LogP contribution in [-0.4, -0.2) is 34.3 Å². The Morgan fingerprint density at radius 2 is 1.90 bits per heavy atom. The van der Waals surface area contributed by atoms with Gasteiger partial charge in [-0.25, -0.2) is 4.98 Å². The lowest BCUT2D eigenvalue weighted by molar-refractivity contribution is -0.270. The lowest BCUT2D eigenvalue weighted by Crippen LogP contribution is -2.61. The van der Waals surface area contributed by atoms with E-state index in [9.17, 15) is 18.3 Å². The van der Waals surface area contributed by atoms with Gasteiger partial charge in [-0.05, 0) is 19.1 Å². The highest BCUT2D eigenvalue weighted by molar-refractivity contribution is 7.14. The molecule has 0 amide bonds. The van der Waals surface area contributed by atoms with Gasteiger partial charge in [0.25, 0.3) is 5.72 Å². The van der Waals surface area contributed by atoms with E-state index in [-0.39, 0.29) is 17.5 Å². The number of ether oxygens (including phenoxy) is 1. The number of para-hydroxylation sites is 1. The molecule has 2 aromatic carbocycles. The molecular weight excluding hydrogens is 415 g/mol. The maximum Gasteiger partial charge on any atom is 0.439 e. The zero-order valence-corrected chi connectivity index (χ0v) is 16.5. The van der Waals surface area contributed by atoms with Crippen LogP contribution in [0.5, 0.6) is 5.75 Å². The zero-order chi connectivity index (χ0) is 21.1. The second-order valence-electron chi connectivity index (χ2n) is 7.26. The summed E-state index contributed by atoms with van der Waals surface area (Å²) < 4.78 is 48.0. The number of hydrazone groups is 1. The van der Waals surface area contributed by atoms with Crippen LogP contribution in [0.15, 0.2) is 59.0 Å². The molecule has 3 aromatic rings. The van der Waals surface area contributed by atoms with E-state index in [1.165, 1.54) is 0 Å². The number of thiazole rings is 1. The molecule has 0 bridgehead atoms. The number of hydrogen-bond acceptors (Lipinski definition) is 6. The number of aryl methyl sites for hydroxylation is 1. The lowest BCUT2D eigenvalue weighted by Gasteiger charge is -2.38. The Kier molecular flexibility index (Phi) is 4.16. The fraction of sp³-hybridized carbons (Fsp3) is 0.238. The standard InChI is InChI=1S/C21H16F3N3O2S/c1-12-6-8-13(9-7-12)16-11-30-19(25-16)27-20(28,21(22,23)24)15-10-29-17-5-3-2-4-14(17)18(15)26-27/h2-9,11,15,28H,10H2,1H3/t15-,20-/m1/s1. The van der Waals surface area contributed by atoms with Crippen LogP contribution in [0.25, 0.3) is 11.3 Å². The molecule has 1 N–H and O–H groups in total. The van der Waals surface area contributed by atoms with Crippen LogP contribution >= 0.6 is 11.3 Å².